The third-order valence-corrected chi connectivity index (χ3v) is 4.13. The number of aromatic nitrogens is 3. The predicted octanol–water partition coefficient (Wildman–Crippen LogP) is 0.163. The zero-order valence-electron chi connectivity index (χ0n) is 14.0. The molecule has 0 radical (unpaired) electrons. The Balaban J connectivity index is 1.44. The number of anilines is 1. The summed E-state index contributed by atoms with van der Waals surface area (Å²) in [5, 5.41) is 17.1. The molecule has 1 aliphatic heterocycles. The molecule has 9 nitrogen and oxygen atoms in total. The Bertz CT molecular complexity index is 708. The molecule has 0 unspecified atom stereocenters. The number of ether oxygens (including phenoxy) is 1. The number of amides is 1. The Morgan fingerprint density at radius 2 is 2.28 bits per heavy atom. The number of carbonyl (C=O) groups excluding carboxylic acids is 1. The van der Waals surface area contributed by atoms with E-state index in [1.165, 1.54) is 7.11 Å². The van der Waals surface area contributed by atoms with E-state index in [0.29, 0.717) is 43.5 Å². The van der Waals surface area contributed by atoms with E-state index in [0.717, 1.165) is 0 Å². The van der Waals surface area contributed by atoms with E-state index < -0.39 is 5.60 Å². The minimum absolute atomic E-state index is 0.154. The van der Waals surface area contributed by atoms with Crippen LogP contribution in [0.5, 0.6) is 5.88 Å². The van der Waals surface area contributed by atoms with E-state index in [9.17, 15) is 9.90 Å². The number of carbonyl (C=O) groups is 1. The van der Waals surface area contributed by atoms with Crippen molar-refractivity contribution < 1.29 is 19.2 Å². The van der Waals surface area contributed by atoms with E-state index in [-0.39, 0.29) is 18.9 Å². The molecular formula is C16H21N5O4. The lowest BCUT2D eigenvalue weighted by Gasteiger charge is -2.23. The normalized spacial score (nSPS) is 19.8. The molecule has 2 aromatic rings. The van der Waals surface area contributed by atoms with E-state index in [2.05, 4.69) is 20.4 Å². The summed E-state index contributed by atoms with van der Waals surface area (Å²) in [4.78, 5) is 22.3. The number of rotatable bonds is 7. The van der Waals surface area contributed by atoms with Gasteiger partial charge in [0.1, 0.15) is 11.4 Å². The second-order valence-corrected chi connectivity index (χ2v) is 6.06. The quantitative estimate of drug-likeness (QED) is 0.728. The highest BCUT2D eigenvalue weighted by molar-refractivity contribution is 5.76. The van der Waals surface area contributed by atoms with Gasteiger partial charge in [0.15, 0.2) is 0 Å². The van der Waals surface area contributed by atoms with Crippen molar-refractivity contribution in [3.63, 3.8) is 0 Å². The summed E-state index contributed by atoms with van der Waals surface area (Å²) in [5.41, 5.74) is -0.982. The first-order chi connectivity index (χ1) is 12.1. The number of nitrogens with one attached hydrogen (secondary N) is 1. The molecule has 2 aromatic heterocycles. The Labute approximate surface area is 145 Å². The molecule has 1 atom stereocenters. The number of β-amino-alcohol motifs (C(OH)–C–C–N with tert-alkyl or cyclic N) is 1. The summed E-state index contributed by atoms with van der Waals surface area (Å²) in [6.07, 6.45) is 4.55. The van der Waals surface area contributed by atoms with Gasteiger partial charge in [-0.3, -0.25) is 4.79 Å². The summed E-state index contributed by atoms with van der Waals surface area (Å²) in [6.45, 7) is 1.22. The SMILES string of the molecule is COc1cc(CCC(=O)NC[C@]2(O)CCN(c3ncccn3)C2)on1. The average molecular weight is 347 g/mol. The Hall–Kier alpha value is -2.68. The third kappa shape index (κ3) is 4.44. The molecular weight excluding hydrogens is 326 g/mol. The third-order valence-electron chi connectivity index (χ3n) is 4.13. The lowest BCUT2D eigenvalue weighted by atomic mass is 10.0. The van der Waals surface area contributed by atoms with Crippen molar-refractivity contribution in [1.29, 1.82) is 0 Å². The minimum atomic E-state index is -0.982. The van der Waals surface area contributed by atoms with Crippen molar-refractivity contribution in [1.82, 2.24) is 20.4 Å². The highest BCUT2D eigenvalue weighted by atomic mass is 16.5. The van der Waals surface area contributed by atoms with Gasteiger partial charge in [0.05, 0.1) is 13.7 Å². The van der Waals surface area contributed by atoms with Gasteiger partial charge in [0.25, 0.3) is 5.88 Å². The monoisotopic (exact) mass is 347 g/mol. The summed E-state index contributed by atoms with van der Waals surface area (Å²) in [5.74, 6) is 1.40. The molecule has 0 saturated carbocycles. The smallest absolute Gasteiger partial charge is 0.254 e. The van der Waals surface area contributed by atoms with Gasteiger partial charge in [-0.15, -0.1) is 0 Å². The highest BCUT2D eigenvalue weighted by Gasteiger charge is 2.37. The molecule has 1 aliphatic rings. The first-order valence-corrected chi connectivity index (χ1v) is 8.09. The molecule has 3 heterocycles. The van der Waals surface area contributed by atoms with Crippen molar-refractivity contribution in [2.45, 2.75) is 24.9 Å². The summed E-state index contributed by atoms with van der Waals surface area (Å²) < 4.78 is 9.96. The van der Waals surface area contributed by atoms with Crippen LogP contribution in [0.25, 0.3) is 0 Å². The molecule has 1 amide bonds. The van der Waals surface area contributed by atoms with Crippen molar-refractivity contribution in [2.75, 3.05) is 31.6 Å². The number of aryl methyl sites for hydroxylation is 1. The average Bonchev–Trinajstić information content (AvgIpc) is 3.26. The molecule has 0 aliphatic carbocycles. The van der Waals surface area contributed by atoms with Crippen molar-refractivity contribution in [3.8, 4) is 5.88 Å². The van der Waals surface area contributed by atoms with E-state index >= 15 is 0 Å². The molecule has 1 fully saturated rings. The predicted molar refractivity (Wildman–Crippen MR) is 88.2 cm³/mol. The van der Waals surface area contributed by atoms with Crippen LogP contribution in [0, 0.1) is 0 Å². The van der Waals surface area contributed by atoms with E-state index in [1.54, 1.807) is 24.5 Å². The van der Waals surface area contributed by atoms with Crippen molar-refractivity contribution >= 4 is 11.9 Å². The number of aliphatic hydroxyl groups is 1. The standard InChI is InChI=1S/C16H21N5O4/c1-24-14-9-12(25-20-14)3-4-13(22)19-10-16(23)5-8-21(11-16)15-17-6-2-7-18-15/h2,6-7,9,23H,3-5,8,10-11H2,1H3,(H,19,22)/t16-/m1/s1. The maximum atomic E-state index is 12.0. The Morgan fingerprint density at radius 1 is 1.48 bits per heavy atom. The minimum Gasteiger partial charge on any atom is -0.479 e. The molecule has 0 aromatic carbocycles. The highest BCUT2D eigenvalue weighted by Crippen LogP contribution is 2.23. The topological polar surface area (TPSA) is 114 Å². The number of methoxy groups -OCH3 is 1. The summed E-state index contributed by atoms with van der Waals surface area (Å²) >= 11 is 0. The molecule has 0 bridgehead atoms. The fourth-order valence-electron chi connectivity index (χ4n) is 2.72. The van der Waals surface area contributed by atoms with Gasteiger partial charge in [-0.05, 0) is 17.6 Å². The molecule has 0 spiro atoms. The van der Waals surface area contributed by atoms with Crippen LogP contribution in [0.4, 0.5) is 5.95 Å². The maximum Gasteiger partial charge on any atom is 0.254 e. The largest absolute Gasteiger partial charge is 0.479 e. The zero-order chi connectivity index (χ0) is 17.7. The van der Waals surface area contributed by atoms with Gasteiger partial charge in [-0.2, -0.15) is 0 Å². The van der Waals surface area contributed by atoms with Gasteiger partial charge in [0, 0.05) is 44.4 Å². The maximum absolute atomic E-state index is 12.0. The van der Waals surface area contributed by atoms with Gasteiger partial charge in [-0.1, -0.05) is 0 Å². The number of nitrogens with zero attached hydrogens (tertiary/aromatic N) is 4. The van der Waals surface area contributed by atoms with Crippen molar-refractivity contribution in [3.05, 3.63) is 30.3 Å². The van der Waals surface area contributed by atoms with E-state index in [4.69, 9.17) is 9.26 Å². The first-order valence-electron chi connectivity index (χ1n) is 8.09. The second kappa shape index (κ2) is 7.47. The van der Waals surface area contributed by atoms with Gasteiger partial charge in [0.2, 0.25) is 11.9 Å². The number of hydrogen-bond acceptors (Lipinski definition) is 8. The number of hydrogen-bond donors (Lipinski definition) is 2. The van der Waals surface area contributed by atoms with Crippen molar-refractivity contribution in [2.24, 2.45) is 0 Å². The fraction of sp³-hybridized carbons (Fsp3) is 0.500. The van der Waals surface area contributed by atoms with Crippen LogP contribution in [0.1, 0.15) is 18.6 Å². The van der Waals surface area contributed by atoms with Crippen LogP contribution < -0.4 is 15.0 Å². The van der Waals surface area contributed by atoms with Crippen LogP contribution in [0.2, 0.25) is 0 Å². The Kier molecular flexibility index (Phi) is 5.13. The fourth-order valence-corrected chi connectivity index (χ4v) is 2.72. The summed E-state index contributed by atoms with van der Waals surface area (Å²) in [7, 11) is 1.50. The van der Waals surface area contributed by atoms with Crippen LogP contribution in [-0.2, 0) is 11.2 Å². The van der Waals surface area contributed by atoms with Gasteiger partial charge >= 0.3 is 0 Å². The van der Waals surface area contributed by atoms with E-state index in [1.807, 2.05) is 4.90 Å². The second-order valence-electron chi connectivity index (χ2n) is 6.06. The van der Waals surface area contributed by atoms with Gasteiger partial charge in [-0.25, -0.2) is 9.97 Å². The molecule has 2 N–H and O–H groups in total. The molecule has 3 rings (SSSR count). The molecule has 1 saturated heterocycles. The lowest BCUT2D eigenvalue weighted by Crippen LogP contribution is -2.45. The van der Waals surface area contributed by atoms with Crippen LogP contribution in [0.3, 0.4) is 0 Å². The Morgan fingerprint density at radius 3 is 3.00 bits per heavy atom. The first kappa shape index (κ1) is 17.2. The van der Waals surface area contributed by atoms with Crippen LogP contribution >= 0.6 is 0 Å². The lowest BCUT2D eigenvalue weighted by molar-refractivity contribution is -0.122. The van der Waals surface area contributed by atoms with Crippen LogP contribution in [0.15, 0.2) is 29.0 Å². The van der Waals surface area contributed by atoms with Gasteiger partial charge < -0.3 is 24.6 Å². The molecule has 9 heteroatoms. The molecule has 134 valence electrons. The zero-order valence-corrected chi connectivity index (χ0v) is 14.0. The van der Waals surface area contributed by atoms with Crippen LogP contribution in [-0.4, -0.2) is 58.5 Å². The summed E-state index contributed by atoms with van der Waals surface area (Å²) in [6, 6.07) is 3.39. The molecule has 25 heavy (non-hydrogen) atoms.